The van der Waals surface area contributed by atoms with E-state index in [1.54, 1.807) is 0 Å². The van der Waals surface area contributed by atoms with E-state index in [-0.39, 0.29) is 0 Å². The maximum atomic E-state index is 8.00. The first kappa shape index (κ1) is 17.0. The molecule has 0 radical (unpaired) electrons. The number of quaternary nitrogens is 1. The van der Waals surface area contributed by atoms with Crippen molar-refractivity contribution in [3.8, 4) is 0 Å². The molecule has 0 aromatic rings. The Morgan fingerprint density at radius 3 is 1.60 bits per heavy atom. The van der Waals surface area contributed by atoms with Crippen LogP contribution in [0.2, 0.25) is 0 Å². The Morgan fingerprint density at radius 1 is 0.800 bits per heavy atom. The topological polar surface area (TPSA) is 17.1 Å². The predicted octanol–water partition coefficient (Wildman–Crippen LogP) is 3.26. The summed E-state index contributed by atoms with van der Waals surface area (Å²) in [4.78, 5) is 8.00. The summed E-state index contributed by atoms with van der Waals surface area (Å²) in [6.45, 7) is 5.60. The van der Waals surface area contributed by atoms with Crippen molar-refractivity contribution < 1.29 is 9.28 Å². The average Bonchev–Trinajstić information content (AvgIpc) is 2.18. The lowest BCUT2D eigenvalue weighted by Gasteiger charge is -2.23. The number of carbonyl (C=O) groups is 1. The van der Waals surface area contributed by atoms with Gasteiger partial charge in [-0.25, -0.2) is 0 Å². The van der Waals surface area contributed by atoms with Crippen molar-refractivity contribution >= 4 is 6.79 Å². The smallest absolute Gasteiger partial charge is 0.106 e. The van der Waals surface area contributed by atoms with Gasteiger partial charge in [0.15, 0.2) is 0 Å². The Morgan fingerprint density at radius 2 is 1.20 bits per heavy atom. The fourth-order valence-electron chi connectivity index (χ4n) is 1.54. The van der Waals surface area contributed by atoms with Crippen LogP contribution in [0.3, 0.4) is 0 Å². The third-order valence-corrected chi connectivity index (χ3v) is 2.43. The van der Waals surface area contributed by atoms with Gasteiger partial charge in [0.25, 0.3) is 0 Å². The summed E-state index contributed by atoms with van der Waals surface area (Å²) in [5, 5.41) is 0. The van der Waals surface area contributed by atoms with Crippen molar-refractivity contribution in [1.82, 2.24) is 0 Å². The maximum absolute atomic E-state index is 8.00. The summed E-state index contributed by atoms with van der Waals surface area (Å²) in [7, 11) is 6.82. The molecule has 0 fully saturated rings. The van der Waals surface area contributed by atoms with E-state index in [9.17, 15) is 0 Å². The maximum Gasteiger partial charge on any atom is 0.106 e. The van der Waals surface area contributed by atoms with E-state index in [0.717, 1.165) is 4.48 Å². The van der Waals surface area contributed by atoms with E-state index in [0.29, 0.717) is 0 Å². The monoisotopic (exact) mass is 216 g/mol. The highest BCUT2D eigenvalue weighted by molar-refractivity contribution is 5.10. The van der Waals surface area contributed by atoms with Crippen LogP contribution in [0.1, 0.15) is 51.9 Å². The van der Waals surface area contributed by atoms with Crippen molar-refractivity contribution in [2.45, 2.75) is 51.9 Å². The highest BCUT2D eigenvalue weighted by atomic mass is 16.1. The van der Waals surface area contributed by atoms with Gasteiger partial charge in [-0.3, -0.25) is 0 Å². The van der Waals surface area contributed by atoms with Crippen LogP contribution in [-0.2, 0) is 4.79 Å². The van der Waals surface area contributed by atoms with Crippen molar-refractivity contribution in [3.63, 3.8) is 0 Å². The number of unbranched alkanes of at least 4 members (excludes halogenated alkanes) is 6. The molecule has 0 aromatic carbocycles. The fraction of sp³-hybridized carbons (Fsp3) is 0.923. The van der Waals surface area contributed by atoms with Crippen LogP contribution < -0.4 is 0 Å². The average molecular weight is 216 g/mol. The van der Waals surface area contributed by atoms with E-state index in [1.807, 2.05) is 6.79 Å². The van der Waals surface area contributed by atoms with E-state index in [2.05, 4.69) is 28.1 Å². The molecule has 0 saturated carbocycles. The van der Waals surface area contributed by atoms with Crippen LogP contribution in [0.4, 0.5) is 0 Å². The number of hydrogen-bond acceptors (Lipinski definition) is 1. The molecule has 0 amide bonds. The quantitative estimate of drug-likeness (QED) is 0.449. The van der Waals surface area contributed by atoms with Crippen molar-refractivity contribution in [2.75, 3.05) is 27.7 Å². The van der Waals surface area contributed by atoms with E-state index in [4.69, 9.17) is 4.79 Å². The Balaban J connectivity index is 0. The van der Waals surface area contributed by atoms with E-state index >= 15 is 0 Å². The van der Waals surface area contributed by atoms with Crippen molar-refractivity contribution in [2.24, 2.45) is 0 Å². The van der Waals surface area contributed by atoms with Gasteiger partial charge < -0.3 is 9.28 Å². The number of nitrogens with zero attached hydrogens (tertiary/aromatic N) is 1. The fourth-order valence-corrected chi connectivity index (χ4v) is 1.54. The first-order valence-corrected chi connectivity index (χ1v) is 6.15. The van der Waals surface area contributed by atoms with Gasteiger partial charge in [-0.05, 0) is 12.8 Å². The summed E-state index contributed by atoms with van der Waals surface area (Å²) in [6.07, 6.45) is 9.95. The molecule has 0 unspecified atom stereocenters. The van der Waals surface area contributed by atoms with Crippen LogP contribution in [0, 0.1) is 0 Å². The summed E-state index contributed by atoms with van der Waals surface area (Å²) in [5.74, 6) is 0. The number of carbonyl (C=O) groups excluding carboxylic acids is 1. The summed E-state index contributed by atoms with van der Waals surface area (Å²) >= 11 is 0. The molecule has 0 N–H and O–H groups in total. The molecule has 0 spiro atoms. The largest absolute Gasteiger partial charge is 0.331 e. The Kier molecular flexibility index (Phi) is 13.3. The van der Waals surface area contributed by atoms with Gasteiger partial charge >= 0.3 is 0 Å². The molecule has 2 heteroatoms. The standard InChI is InChI=1S/C12H28N.CH2O/c1-5-6-7-8-9-10-11-12-13(2,3)4;1-2/h5-12H2,1-4H3;1H2/q+1;. The molecule has 0 aliphatic heterocycles. The third kappa shape index (κ3) is 19.9. The summed E-state index contributed by atoms with van der Waals surface area (Å²) in [6, 6.07) is 0. The molecule has 0 atom stereocenters. The zero-order valence-electron chi connectivity index (χ0n) is 11.2. The van der Waals surface area contributed by atoms with Crippen LogP contribution in [0.5, 0.6) is 0 Å². The predicted molar refractivity (Wildman–Crippen MR) is 68.0 cm³/mol. The lowest BCUT2D eigenvalue weighted by molar-refractivity contribution is -0.870. The first-order valence-electron chi connectivity index (χ1n) is 6.15. The SMILES string of the molecule is C=O.CCCCCCCCC[N+](C)(C)C. The molecule has 0 heterocycles. The highest BCUT2D eigenvalue weighted by Crippen LogP contribution is 2.07. The van der Waals surface area contributed by atoms with Gasteiger partial charge in [0, 0.05) is 0 Å². The molecule has 0 aromatic heterocycles. The minimum atomic E-state index is 1.12. The molecule has 15 heavy (non-hydrogen) atoms. The first-order chi connectivity index (χ1) is 7.06. The minimum Gasteiger partial charge on any atom is -0.331 e. The molecule has 2 nitrogen and oxygen atoms in total. The van der Waals surface area contributed by atoms with Gasteiger partial charge in [-0.15, -0.1) is 0 Å². The second-order valence-electron chi connectivity index (χ2n) is 5.14. The minimum absolute atomic E-state index is 1.12. The Labute approximate surface area is 96.3 Å². The highest BCUT2D eigenvalue weighted by Gasteiger charge is 2.04. The molecular weight excluding hydrogens is 186 g/mol. The van der Waals surface area contributed by atoms with Gasteiger partial charge in [-0.2, -0.15) is 0 Å². The van der Waals surface area contributed by atoms with Crippen LogP contribution in [0.15, 0.2) is 0 Å². The molecule has 0 bridgehead atoms. The second-order valence-corrected chi connectivity index (χ2v) is 5.14. The molecule has 0 aliphatic carbocycles. The van der Waals surface area contributed by atoms with Crippen molar-refractivity contribution in [3.05, 3.63) is 0 Å². The van der Waals surface area contributed by atoms with Gasteiger partial charge in [0.2, 0.25) is 0 Å². The second kappa shape index (κ2) is 11.7. The molecule has 92 valence electrons. The third-order valence-electron chi connectivity index (χ3n) is 2.43. The van der Waals surface area contributed by atoms with Crippen LogP contribution >= 0.6 is 0 Å². The normalized spacial score (nSPS) is 10.7. The van der Waals surface area contributed by atoms with Gasteiger partial charge in [-0.1, -0.05) is 39.0 Å². The van der Waals surface area contributed by atoms with Crippen LogP contribution in [-0.4, -0.2) is 39.0 Å². The molecular formula is C13H30NO+. The summed E-state index contributed by atoms with van der Waals surface area (Å²) in [5.41, 5.74) is 0. The van der Waals surface area contributed by atoms with E-state index in [1.165, 1.54) is 51.5 Å². The summed E-state index contributed by atoms with van der Waals surface area (Å²) < 4.78 is 1.12. The van der Waals surface area contributed by atoms with Crippen molar-refractivity contribution in [1.29, 1.82) is 0 Å². The number of rotatable bonds is 8. The van der Waals surface area contributed by atoms with Gasteiger partial charge in [0.1, 0.15) is 6.79 Å². The van der Waals surface area contributed by atoms with E-state index < -0.39 is 0 Å². The zero-order valence-corrected chi connectivity index (χ0v) is 11.2. The molecule has 0 saturated heterocycles. The number of hydrogen-bond donors (Lipinski definition) is 0. The lowest BCUT2D eigenvalue weighted by Crippen LogP contribution is -2.35. The zero-order chi connectivity index (χ0) is 12.2. The Bertz CT molecular complexity index is 118. The van der Waals surface area contributed by atoms with Crippen LogP contribution in [0.25, 0.3) is 0 Å². The lowest BCUT2D eigenvalue weighted by atomic mass is 10.1. The van der Waals surface area contributed by atoms with Gasteiger partial charge in [0.05, 0.1) is 27.7 Å². The molecule has 0 aliphatic rings. The molecule has 0 rings (SSSR count). The Hall–Kier alpha value is -0.370.